The van der Waals surface area contributed by atoms with Gasteiger partial charge in [0.05, 0.1) is 0 Å². The molecule has 0 aliphatic carbocycles. The number of rotatable bonds is 3. The van der Waals surface area contributed by atoms with Crippen molar-refractivity contribution in [3.63, 3.8) is 0 Å². The third-order valence-corrected chi connectivity index (χ3v) is 4.29. The molecule has 3 nitrogen and oxygen atoms in total. The lowest BCUT2D eigenvalue weighted by molar-refractivity contribution is -0.127. The van der Waals surface area contributed by atoms with Gasteiger partial charge in [-0.1, -0.05) is 34.1 Å². The number of benzene rings is 1. The molecule has 1 aliphatic rings. The second-order valence-electron chi connectivity index (χ2n) is 4.86. The van der Waals surface area contributed by atoms with E-state index in [1.54, 1.807) is 6.08 Å². The predicted octanol–water partition coefficient (Wildman–Crippen LogP) is 2.66. The molecule has 0 aromatic heterocycles. The summed E-state index contributed by atoms with van der Waals surface area (Å²) >= 11 is 3.47. The van der Waals surface area contributed by atoms with Crippen LogP contribution < -0.4 is 5.73 Å². The summed E-state index contributed by atoms with van der Waals surface area (Å²) in [5, 5.41) is 0. The molecule has 1 aliphatic heterocycles. The highest BCUT2D eigenvalue weighted by Gasteiger charge is 2.20. The summed E-state index contributed by atoms with van der Waals surface area (Å²) in [7, 11) is 0. The van der Waals surface area contributed by atoms with E-state index in [1.165, 1.54) is 0 Å². The Bertz CT molecular complexity index is 465. The summed E-state index contributed by atoms with van der Waals surface area (Å²) in [6.45, 7) is 2.37. The predicted molar refractivity (Wildman–Crippen MR) is 81.5 cm³/mol. The van der Waals surface area contributed by atoms with Crippen LogP contribution in [0.4, 0.5) is 0 Å². The fourth-order valence-electron chi connectivity index (χ4n) is 2.27. The van der Waals surface area contributed by atoms with Crippen LogP contribution in [0.5, 0.6) is 0 Å². The minimum absolute atomic E-state index is 0.0891. The number of nitrogens with two attached hydrogens (primary N) is 1. The van der Waals surface area contributed by atoms with Gasteiger partial charge in [0.25, 0.3) is 0 Å². The summed E-state index contributed by atoms with van der Waals surface area (Å²) in [5.41, 5.74) is 6.67. The van der Waals surface area contributed by atoms with Gasteiger partial charge >= 0.3 is 0 Å². The molecule has 1 saturated heterocycles. The van der Waals surface area contributed by atoms with Gasteiger partial charge in [-0.25, -0.2) is 0 Å². The third kappa shape index (κ3) is 3.91. The van der Waals surface area contributed by atoms with E-state index in [1.807, 2.05) is 35.2 Å². The second kappa shape index (κ2) is 6.87. The zero-order valence-corrected chi connectivity index (χ0v) is 12.5. The fourth-order valence-corrected chi connectivity index (χ4v) is 2.68. The Labute approximate surface area is 122 Å². The van der Waals surface area contributed by atoms with Gasteiger partial charge in [-0.3, -0.25) is 4.79 Å². The molecule has 1 heterocycles. The molecule has 2 rings (SSSR count). The van der Waals surface area contributed by atoms with E-state index in [2.05, 4.69) is 15.9 Å². The lowest BCUT2D eigenvalue weighted by atomic mass is 9.97. The number of halogens is 1. The first-order valence-corrected chi connectivity index (χ1v) is 7.41. The van der Waals surface area contributed by atoms with Gasteiger partial charge in [-0.05, 0) is 43.0 Å². The molecule has 0 saturated carbocycles. The highest BCUT2D eigenvalue weighted by Crippen LogP contribution is 2.19. The van der Waals surface area contributed by atoms with Crippen molar-refractivity contribution in [3.05, 3.63) is 40.4 Å². The molecule has 0 atom stereocenters. The maximum Gasteiger partial charge on any atom is 0.246 e. The molecular formula is C15H19BrN2O. The van der Waals surface area contributed by atoms with Crippen LogP contribution in [0.25, 0.3) is 6.08 Å². The smallest absolute Gasteiger partial charge is 0.246 e. The number of carbonyl (C=O) groups is 1. The zero-order valence-electron chi connectivity index (χ0n) is 10.9. The molecule has 0 radical (unpaired) electrons. The van der Waals surface area contributed by atoms with Crippen molar-refractivity contribution in [2.24, 2.45) is 11.7 Å². The molecule has 0 unspecified atom stereocenters. The van der Waals surface area contributed by atoms with Crippen LogP contribution in [0.1, 0.15) is 18.4 Å². The Morgan fingerprint density at radius 2 is 2.05 bits per heavy atom. The maximum atomic E-state index is 12.1. The fraction of sp³-hybridized carbons (Fsp3) is 0.400. The molecule has 1 aromatic carbocycles. The molecule has 0 spiro atoms. The summed E-state index contributed by atoms with van der Waals surface area (Å²) in [6, 6.07) is 7.87. The van der Waals surface area contributed by atoms with Crippen LogP contribution in [-0.4, -0.2) is 30.4 Å². The Morgan fingerprint density at radius 1 is 1.37 bits per heavy atom. The summed E-state index contributed by atoms with van der Waals surface area (Å²) in [4.78, 5) is 14.0. The Morgan fingerprint density at radius 3 is 2.68 bits per heavy atom. The Hall–Kier alpha value is -1.13. The number of nitrogens with zero attached hydrogens (tertiary/aromatic N) is 1. The van der Waals surface area contributed by atoms with E-state index in [0.29, 0.717) is 5.92 Å². The Kier molecular flexibility index (Phi) is 5.16. The minimum Gasteiger partial charge on any atom is -0.339 e. The number of piperidine rings is 1. The summed E-state index contributed by atoms with van der Waals surface area (Å²) in [5.74, 6) is 0.669. The van der Waals surface area contributed by atoms with Gasteiger partial charge in [0.15, 0.2) is 0 Å². The highest BCUT2D eigenvalue weighted by molar-refractivity contribution is 9.10. The van der Waals surface area contributed by atoms with E-state index < -0.39 is 0 Å². The molecular weight excluding hydrogens is 304 g/mol. The minimum atomic E-state index is 0.0891. The lowest BCUT2D eigenvalue weighted by Gasteiger charge is -2.30. The summed E-state index contributed by atoms with van der Waals surface area (Å²) < 4.78 is 1.00. The molecule has 1 amide bonds. The molecule has 19 heavy (non-hydrogen) atoms. The van der Waals surface area contributed by atoms with Crippen molar-refractivity contribution < 1.29 is 4.79 Å². The van der Waals surface area contributed by atoms with Crippen LogP contribution >= 0.6 is 15.9 Å². The van der Waals surface area contributed by atoms with E-state index in [-0.39, 0.29) is 5.91 Å². The first-order valence-electron chi connectivity index (χ1n) is 6.62. The van der Waals surface area contributed by atoms with Crippen LogP contribution in [-0.2, 0) is 4.79 Å². The van der Waals surface area contributed by atoms with Gasteiger partial charge in [0, 0.05) is 23.6 Å². The topological polar surface area (TPSA) is 46.3 Å². The monoisotopic (exact) mass is 322 g/mol. The molecule has 1 aromatic rings. The van der Waals surface area contributed by atoms with Gasteiger partial charge in [0.2, 0.25) is 5.91 Å². The second-order valence-corrected chi connectivity index (χ2v) is 5.71. The number of carbonyl (C=O) groups excluding carboxylic acids is 1. The van der Waals surface area contributed by atoms with Crippen molar-refractivity contribution in [1.29, 1.82) is 0 Å². The van der Waals surface area contributed by atoms with Gasteiger partial charge in [0.1, 0.15) is 0 Å². The first-order chi connectivity index (χ1) is 9.20. The SMILES string of the molecule is NCC1CCN(C(=O)C=Cc2ccccc2Br)CC1. The first kappa shape index (κ1) is 14.3. The largest absolute Gasteiger partial charge is 0.339 e. The van der Waals surface area contributed by atoms with Crippen LogP contribution in [0.3, 0.4) is 0 Å². The standard InChI is InChI=1S/C15H19BrN2O/c16-14-4-2-1-3-13(14)5-6-15(19)18-9-7-12(11-17)8-10-18/h1-6,12H,7-11,17H2. The molecule has 2 N–H and O–H groups in total. The van der Waals surface area contributed by atoms with Gasteiger partial charge in [-0.15, -0.1) is 0 Å². The van der Waals surface area contributed by atoms with Crippen LogP contribution in [0.15, 0.2) is 34.8 Å². The van der Waals surface area contributed by atoms with Crippen molar-refractivity contribution in [3.8, 4) is 0 Å². The van der Waals surface area contributed by atoms with Crippen molar-refractivity contribution in [1.82, 2.24) is 4.90 Å². The lowest BCUT2D eigenvalue weighted by Crippen LogP contribution is -2.39. The van der Waals surface area contributed by atoms with E-state index in [4.69, 9.17) is 5.73 Å². The number of likely N-dealkylation sites (tertiary alicyclic amines) is 1. The molecule has 0 bridgehead atoms. The number of hydrogen-bond acceptors (Lipinski definition) is 2. The van der Waals surface area contributed by atoms with Gasteiger partial charge in [-0.2, -0.15) is 0 Å². The van der Waals surface area contributed by atoms with Crippen molar-refractivity contribution in [2.75, 3.05) is 19.6 Å². The molecule has 4 heteroatoms. The third-order valence-electron chi connectivity index (χ3n) is 3.57. The number of amides is 1. The average molecular weight is 323 g/mol. The van der Waals surface area contributed by atoms with Crippen LogP contribution in [0, 0.1) is 5.92 Å². The van der Waals surface area contributed by atoms with Crippen molar-refractivity contribution in [2.45, 2.75) is 12.8 Å². The van der Waals surface area contributed by atoms with Crippen LogP contribution in [0.2, 0.25) is 0 Å². The van der Waals surface area contributed by atoms with E-state index >= 15 is 0 Å². The number of hydrogen-bond donors (Lipinski definition) is 1. The molecule has 102 valence electrons. The zero-order chi connectivity index (χ0) is 13.7. The average Bonchev–Trinajstić information content (AvgIpc) is 2.46. The normalized spacial score (nSPS) is 17.1. The van der Waals surface area contributed by atoms with E-state index in [0.717, 1.165) is 42.5 Å². The quantitative estimate of drug-likeness (QED) is 0.869. The van der Waals surface area contributed by atoms with E-state index in [9.17, 15) is 4.79 Å². The maximum absolute atomic E-state index is 12.1. The Balaban J connectivity index is 1.93. The summed E-state index contributed by atoms with van der Waals surface area (Å²) in [6.07, 6.45) is 5.56. The van der Waals surface area contributed by atoms with Crippen molar-refractivity contribution >= 4 is 27.9 Å². The van der Waals surface area contributed by atoms with Gasteiger partial charge < -0.3 is 10.6 Å². The molecule has 1 fully saturated rings. The highest BCUT2D eigenvalue weighted by atomic mass is 79.9.